The third kappa shape index (κ3) is 2.00. The zero-order valence-electron chi connectivity index (χ0n) is 12.0. The molecule has 1 amide bonds. The number of nitrogens with one attached hydrogen (secondary N) is 1. The summed E-state index contributed by atoms with van der Waals surface area (Å²) in [5, 5.41) is 2.86. The topological polar surface area (TPSA) is 32.3 Å². The molecule has 0 aliphatic heterocycles. The fourth-order valence-corrected chi connectivity index (χ4v) is 3.02. The minimum atomic E-state index is -0.0399. The van der Waals surface area contributed by atoms with Gasteiger partial charge in [-0.15, -0.1) is 0 Å². The first-order valence-electron chi connectivity index (χ1n) is 6.75. The smallest absolute Gasteiger partial charge is 0.221 e. The number of rotatable bonds is 2. The lowest BCUT2D eigenvalue weighted by Crippen LogP contribution is -2.19. The minimum Gasteiger partial charge on any atom is -0.326 e. The van der Waals surface area contributed by atoms with Crippen molar-refractivity contribution in [3.05, 3.63) is 53.6 Å². The highest BCUT2D eigenvalue weighted by Crippen LogP contribution is 2.46. The van der Waals surface area contributed by atoms with E-state index in [9.17, 15) is 4.79 Å². The molecule has 1 N–H and O–H groups in total. The Bertz CT molecular complexity index is 676. The molecule has 102 valence electrons. The Morgan fingerprint density at radius 1 is 1.05 bits per heavy atom. The zero-order valence-corrected chi connectivity index (χ0v) is 12.0. The second-order valence-corrected chi connectivity index (χ2v) is 5.44. The van der Waals surface area contributed by atoms with Gasteiger partial charge < -0.3 is 5.32 Å². The lowest BCUT2D eigenvalue weighted by Gasteiger charge is -2.22. The fourth-order valence-electron chi connectivity index (χ4n) is 3.02. The van der Waals surface area contributed by atoms with Crippen molar-refractivity contribution in [3.63, 3.8) is 0 Å². The average molecular weight is 266 g/mol. The van der Waals surface area contributed by atoms with Gasteiger partial charge in [-0.25, -0.2) is 0 Å². The van der Waals surface area contributed by atoms with Crippen LogP contribution in [0.1, 0.15) is 24.1 Å². The highest BCUT2D eigenvalue weighted by Gasteiger charge is 2.29. The molecule has 1 aliphatic rings. The number of carbonyl (C=O) groups excluding carboxylic acids is 1. The summed E-state index contributed by atoms with van der Waals surface area (Å²) in [5.41, 5.74) is 5.98. The zero-order chi connectivity index (χ0) is 14.3. The molecule has 0 heterocycles. The van der Waals surface area contributed by atoms with Gasteiger partial charge in [-0.2, -0.15) is 0 Å². The van der Waals surface area contributed by atoms with Crippen LogP contribution in [0.2, 0.25) is 0 Å². The van der Waals surface area contributed by atoms with E-state index in [0.717, 1.165) is 5.69 Å². The summed E-state index contributed by atoms with van der Waals surface area (Å²) in [7, 11) is 4.17. The first-order valence-corrected chi connectivity index (χ1v) is 6.75. The second-order valence-electron chi connectivity index (χ2n) is 5.44. The van der Waals surface area contributed by atoms with Crippen molar-refractivity contribution in [3.8, 4) is 11.1 Å². The molecule has 3 rings (SSSR count). The predicted octanol–water partition coefficient (Wildman–Crippen LogP) is 3.28. The maximum atomic E-state index is 11.2. The molecule has 0 saturated carbocycles. The molecule has 1 atom stereocenters. The molecule has 2 aromatic carbocycles. The Morgan fingerprint density at radius 2 is 1.75 bits per heavy atom. The predicted molar refractivity (Wildman–Crippen MR) is 81.7 cm³/mol. The number of hydrogen-bond acceptors (Lipinski definition) is 2. The SMILES string of the molecule is CC(=O)Nc1ccc2c(c1)C(N(C)C)c1ccccc1-2. The Hall–Kier alpha value is -2.13. The summed E-state index contributed by atoms with van der Waals surface area (Å²) in [4.78, 5) is 13.4. The van der Waals surface area contributed by atoms with E-state index in [1.807, 2.05) is 6.07 Å². The van der Waals surface area contributed by atoms with Gasteiger partial charge in [0.15, 0.2) is 0 Å². The van der Waals surface area contributed by atoms with E-state index >= 15 is 0 Å². The second kappa shape index (κ2) is 4.76. The van der Waals surface area contributed by atoms with Gasteiger partial charge in [0.25, 0.3) is 0 Å². The summed E-state index contributed by atoms with van der Waals surface area (Å²) in [6, 6.07) is 14.9. The van der Waals surface area contributed by atoms with Crippen LogP contribution in [0.4, 0.5) is 5.69 Å². The Balaban J connectivity index is 2.14. The van der Waals surface area contributed by atoms with Crippen LogP contribution in [-0.4, -0.2) is 24.9 Å². The number of nitrogens with zero attached hydrogens (tertiary/aromatic N) is 1. The summed E-state index contributed by atoms with van der Waals surface area (Å²) in [6.07, 6.45) is 0. The van der Waals surface area contributed by atoms with Gasteiger partial charge in [0.2, 0.25) is 5.91 Å². The van der Waals surface area contributed by atoms with Crippen molar-refractivity contribution in [2.45, 2.75) is 13.0 Å². The van der Waals surface area contributed by atoms with E-state index in [4.69, 9.17) is 0 Å². The first kappa shape index (κ1) is 12.9. The van der Waals surface area contributed by atoms with Crippen molar-refractivity contribution >= 4 is 11.6 Å². The molecule has 1 aliphatic carbocycles. The molecular formula is C17H18N2O. The van der Waals surface area contributed by atoms with Crippen molar-refractivity contribution in [1.82, 2.24) is 4.90 Å². The molecule has 0 spiro atoms. The van der Waals surface area contributed by atoms with Crippen molar-refractivity contribution in [2.24, 2.45) is 0 Å². The number of benzene rings is 2. The molecule has 0 fully saturated rings. The van der Waals surface area contributed by atoms with Gasteiger partial charge in [-0.1, -0.05) is 30.3 Å². The van der Waals surface area contributed by atoms with Crippen LogP contribution < -0.4 is 5.32 Å². The molecule has 2 aromatic rings. The molecule has 0 saturated heterocycles. The molecule has 20 heavy (non-hydrogen) atoms. The summed E-state index contributed by atoms with van der Waals surface area (Å²) in [6.45, 7) is 1.53. The maximum Gasteiger partial charge on any atom is 0.221 e. The number of carbonyl (C=O) groups is 1. The molecule has 1 unspecified atom stereocenters. The molecule has 3 heteroatoms. The van der Waals surface area contributed by atoms with Crippen LogP contribution in [0.5, 0.6) is 0 Å². The van der Waals surface area contributed by atoms with Gasteiger partial charge in [0.1, 0.15) is 0 Å². The molecule has 0 radical (unpaired) electrons. The van der Waals surface area contributed by atoms with E-state index in [-0.39, 0.29) is 11.9 Å². The van der Waals surface area contributed by atoms with Gasteiger partial charge in [0.05, 0.1) is 6.04 Å². The van der Waals surface area contributed by atoms with E-state index in [2.05, 4.69) is 60.7 Å². The lowest BCUT2D eigenvalue weighted by molar-refractivity contribution is -0.114. The minimum absolute atomic E-state index is 0.0399. The quantitative estimate of drug-likeness (QED) is 0.904. The third-order valence-electron chi connectivity index (χ3n) is 3.73. The van der Waals surface area contributed by atoms with Gasteiger partial charge >= 0.3 is 0 Å². The normalized spacial score (nSPS) is 15.9. The van der Waals surface area contributed by atoms with Crippen LogP contribution in [0.25, 0.3) is 11.1 Å². The van der Waals surface area contributed by atoms with Crippen molar-refractivity contribution in [2.75, 3.05) is 19.4 Å². The summed E-state index contributed by atoms with van der Waals surface area (Å²) >= 11 is 0. The highest BCUT2D eigenvalue weighted by atomic mass is 16.1. The van der Waals surface area contributed by atoms with Crippen LogP contribution >= 0.6 is 0 Å². The molecule has 0 aromatic heterocycles. The molecule has 0 bridgehead atoms. The van der Waals surface area contributed by atoms with Crippen molar-refractivity contribution in [1.29, 1.82) is 0 Å². The molecular weight excluding hydrogens is 248 g/mol. The third-order valence-corrected chi connectivity index (χ3v) is 3.73. The lowest BCUT2D eigenvalue weighted by atomic mass is 10.0. The number of hydrogen-bond donors (Lipinski definition) is 1. The van der Waals surface area contributed by atoms with Gasteiger partial charge in [-0.05, 0) is 48.5 Å². The highest BCUT2D eigenvalue weighted by molar-refractivity contribution is 5.90. The Labute approximate surface area is 119 Å². The van der Waals surface area contributed by atoms with Crippen LogP contribution in [0, 0.1) is 0 Å². The molecule has 3 nitrogen and oxygen atoms in total. The fraction of sp³-hybridized carbons (Fsp3) is 0.235. The summed E-state index contributed by atoms with van der Waals surface area (Å²) < 4.78 is 0. The van der Waals surface area contributed by atoms with E-state index < -0.39 is 0 Å². The van der Waals surface area contributed by atoms with Gasteiger partial charge in [-0.3, -0.25) is 9.69 Å². The number of anilines is 1. The Kier molecular flexibility index (Phi) is 3.07. The van der Waals surface area contributed by atoms with Crippen LogP contribution in [0.3, 0.4) is 0 Å². The first-order chi connectivity index (χ1) is 9.58. The number of amides is 1. The largest absolute Gasteiger partial charge is 0.326 e. The number of fused-ring (bicyclic) bond motifs is 3. The summed E-state index contributed by atoms with van der Waals surface area (Å²) in [5.74, 6) is -0.0399. The van der Waals surface area contributed by atoms with Crippen molar-refractivity contribution < 1.29 is 4.79 Å². The van der Waals surface area contributed by atoms with E-state index in [0.29, 0.717) is 0 Å². The monoisotopic (exact) mass is 266 g/mol. The van der Waals surface area contributed by atoms with Crippen LogP contribution in [-0.2, 0) is 4.79 Å². The van der Waals surface area contributed by atoms with Crippen LogP contribution in [0.15, 0.2) is 42.5 Å². The average Bonchev–Trinajstić information content (AvgIpc) is 2.71. The van der Waals surface area contributed by atoms with E-state index in [1.165, 1.54) is 29.2 Å². The standard InChI is InChI=1S/C17H18N2O/c1-11(20)18-12-8-9-14-13-6-4-5-7-15(13)17(19(2)3)16(14)10-12/h4-10,17H,1-3H3,(H,18,20). The van der Waals surface area contributed by atoms with Gasteiger partial charge in [0, 0.05) is 12.6 Å². The Morgan fingerprint density at radius 3 is 2.45 bits per heavy atom. The van der Waals surface area contributed by atoms with E-state index in [1.54, 1.807) is 0 Å². The maximum absolute atomic E-state index is 11.2.